The number of hydrogen-bond acceptors (Lipinski definition) is 4. The highest BCUT2D eigenvalue weighted by Gasteiger charge is 2.26. The Balaban J connectivity index is 0.00000192. The van der Waals surface area contributed by atoms with Crippen LogP contribution in [0.2, 0.25) is 0 Å². The Morgan fingerprint density at radius 1 is 1.30 bits per heavy atom. The first-order chi connectivity index (χ1) is 10.6. The highest BCUT2D eigenvalue weighted by atomic mass is 35.5. The number of halogens is 1. The summed E-state index contributed by atoms with van der Waals surface area (Å²) in [6.45, 7) is 6.10. The van der Waals surface area contributed by atoms with Gasteiger partial charge in [0.05, 0.1) is 5.69 Å². The quantitative estimate of drug-likeness (QED) is 0.924. The Bertz CT molecular complexity index is 609. The fourth-order valence-corrected chi connectivity index (χ4v) is 3.22. The third-order valence-corrected chi connectivity index (χ3v) is 4.49. The molecule has 2 aromatic rings. The van der Waals surface area contributed by atoms with Crippen molar-refractivity contribution >= 4 is 12.4 Å². The van der Waals surface area contributed by atoms with E-state index in [0.717, 1.165) is 24.3 Å². The number of aromatic nitrogens is 1. The van der Waals surface area contributed by atoms with Crippen molar-refractivity contribution in [3.8, 4) is 11.5 Å². The predicted molar refractivity (Wildman–Crippen MR) is 95.6 cm³/mol. The lowest BCUT2D eigenvalue weighted by atomic mass is 9.97. The van der Waals surface area contributed by atoms with Crippen LogP contribution >= 0.6 is 12.4 Å². The molecule has 3 rings (SSSR count). The maximum absolute atomic E-state index is 6.14. The summed E-state index contributed by atoms with van der Waals surface area (Å²) in [6, 6.07) is 8.91. The van der Waals surface area contributed by atoms with Crippen LogP contribution in [-0.4, -0.2) is 28.5 Å². The molecule has 0 radical (unpaired) electrons. The summed E-state index contributed by atoms with van der Waals surface area (Å²) in [5.74, 6) is 0.698. The molecular formula is C18H26ClN3O. The first-order valence-electron chi connectivity index (χ1n) is 8.14. The fourth-order valence-electron chi connectivity index (χ4n) is 3.22. The Kier molecular flexibility index (Phi) is 6.22. The fraction of sp³-hybridized carbons (Fsp3) is 0.500. The van der Waals surface area contributed by atoms with Crippen LogP contribution in [-0.2, 0) is 6.54 Å². The average Bonchev–Trinajstić information content (AvgIpc) is 2.97. The first-order valence-corrected chi connectivity index (χ1v) is 8.14. The number of oxazole rings is 1. The van der Waals surface area contributed by atoms with Crippen molar-refractivity contribution in [2.45, 2.75) is 51.7 Å². The van der Waals surface area contributed by atoms with E-state index in [1.54, 1.807) is 6.26 Å². The third-order valence-electron chi connectivity index (χ3n) is 4.49. The molecule has 0 spiro atoms. The van der Waals surface area contributed by atoms with Crippen LogP contribution in [0.3, 0.4) is 0 Å². The molecule has 1 aliphatic rings. The highest BCUT2D eigenvalue weighted by Crippen LogP contribution is 2.23. The molecule has 2 N–H and O–H groups in total. The van der Waals surface area contributed by atoms with Crippen LogP contribution in [0.15, 0.2) is 34.9 Å². The third kappa shape index (κ3) is 4.34. The largest absolute Gasteiger partial charge is 0.444 e. The van der Waals surface area contributed by atoms with Crippen molar-refractivity contribution in [3.05, 3.63) is 41.8 Å². The second-order valence-corrected chi connectivity index (χ2v) is 6.40. The molecule has 4 nitrogen and oxygen atoms in total. The second kappa shape index (κ2) is 7.95. The smallest absolute Gasteiger partial charge is 0.226 e. The molecule has 1 aromatic heterocycles. The van der Waals surface area contributed by atoms with Gasteiger partial charge >= 0.3 is 0 Å². The zero-order valence-electron chi connectivity index (χ0n) is 13.9. The van der Waals surface area contributed by atoms with Crippen molar-refractivity contribution in [2.24, 2.45) is 5.73 Å². The molecule has 1 saturated heterocycles. The Morgan fingerprint density at radius 3 is 2.74 bits per heavy atom. The SMILES string of the molecule is Cc1ccc(-c2nc(CN3CCCCC3C(C)N)co2)cc1.Cl. The van der Waals surface area contributed by atoms with E-state index in [0.29, 0.717) is 11.9 Å². The molecule has 1 fully saturated rings. The number of likely N-dealkylation sites (tertiary alicyclic amines) is 1. The van der Waals surface area contributed by atoms with E-state index in [1.807, 2.05) is 0 Å². The van der Waals surface area contributed by atoms with E-state index < -0.39 is 0 Å². The molecule has 0 amide bonds. The number of piperidine rings is 1. The van der Waals surface area contributed by atoms with Gasteiger partial charge in [-0.2, -0.15) is 0 Å². The second-order valence-electron chi connectivity index (χ2n) is 6.40. The predicted octanol–water partition coefficient (Wildman–Crippen LogP) is 3.77. The standard InChI is InChI=1S/C18H25N3O.ClH/c1-13-6-8-15(9-7-13)18-20-16(12-22-18)11-21-10-4-3-5-17(21)14(2)19;/h6-9,12,14,17H,3-5,10-11,19H2,1-2H3;1H. The number of rotatable bonds is 4. The van der Waals surface area contributed by atoms with Gasteiger partial charge < -0.3 is 10.2 Å². The summed E-state index contributed by atoms with van der Waals surface area (Å²) in [6.07, 6.45) is 5.48. The van der Waals surface area contributed by atoms with Crippen LogP contribution in [0.1, 0.15) is 37.4 Å². The van der Waals surface area contributed by atoms with E-state index in [9.17, 15) is 0 Å². The molecule has 0 saturated carbocycles. The van der Waals surface area contributed by atoms with Gasteiger partial charge in [0, 0.05) is 24.2 Å². The minimum absolute atomic E-state index is 0. The lowest BCUT2D eigenvalue weighted by Gasteiger charge is -2.37. The van der Waals surface area contributed by atoms with E-state index in [4.69, 9.17) is 10.2 Å². The van der Waals surface area contributed by atoms with Crippen LogP contribution in [0, 0.1) is 6.92 Å². The zero-order chi connectivity index (χ0) is 15.5. The van der Waals surface area contributed by atoms with Gasteiger partial charge in [-0.25, -0.2) is 4.98 Å². The lowest BCUT2D eigenvalue weighted by molar-refractivity contribution is 0.121. The minimum atomic E-state index is 0. The van der Waals surface area contributed by atoms with Gasteiger partial charge in [0.1, 0.15) is 6.26 Å². The Labute approximate surface area is 144 Å². The van der Waals surface area contributed by atoms with Crippen LogP contribution < -0.4 is 5.73 Å². The van der Waals surface area contributed by atoms with E-state index in [1.165, 1.54) is 24.8 Å². The van der Waals surface area contributed by atoms with Crippen molar-refractivity contribution in [1.82, 2.24) is 9.88 Å². The molecule has 2 unspecified atom stereocenters. The molecule has 1 aliphatic heterocycles. The summed E-state index contributed by atoms with van der Waals surface area (Å²) in [7, 11) is 0. The Hall–Kier alpha value is -1.36. The molecule has 2 heterocycles. The molecule has 5 heteroatoms. The van der Waals surface area contributed by atoms with Gasteiger partial charge in [0.25, 0.3) is 0 Å². The van der Waals surface area contributed by atoms with Gasteiger partial charge in [0.15, 0.2) is 0 Å². The van der Waals surface area contributed by atoms with Crippen LogP contribution in [0.4, 0.5) is 0 Å². The highest BCUT2D eigenvalue weighted by molar-refractivity contribution is 5.85. The maximum Gasteiger partial charge on any atom is 0.226 e. The van der Waals surface area contributed by atoms with Gasteiger partial charge in [-0.3, -0.25) is 4.90 Å². The molecule has 0 aliphatic carbocycles. The van der Waals surface area contributed by atoms with Gasteiger partial charge in [-0.05, 0) is 45.4 Å². The summed E-state index contributed by atoms with van der Waals surface area (Å²) in [4.78, 5) is 7.10. The molecule has 126 valence electrons. The molecule has 1 aromatic carbocycles. The summed E-state index contributed by atoms with van der Waals surface area (Å²) in [5, 5.41) is 0. The van der Waals surface area contributed by atoms with Crippen molar-refractivity contribution in [1.29, 1.82) is 0 Å². The molecule has 23 heavy (non-hydrogen) atoms. The number of benzene rings is 1. The lowest BCUT2D eigenvalue weighted by Crippen LogP contribution is -2.48. The summed E-state index contributed by atoms with van der Waals surface area (Å²) < 4.78 is 5.66. The summed E-state index contributed by atoms with van der Waals surface area (Å²) >= 11 is 0. The topological polar surface area (TPSA) is 55.3 Å². The van der Waals surface area contributed by atoms with Crippen LogP contribution in [0.25, 0.3) is 11.5 Å². The zero-order valence-corrected chi connectivity index (χ0v) is 14.7. The van der Waals surface area contributed by atoms with Gasteiger partial charge in [0.2, 0.25) is 5.89 Å². The number of aryl methyl sites for hydroxylation is 1. The first kappa shape index (κ1) is 18.0. The van der Waals surface area contributed by atoms with E-state index in [2.05, 4.69) is 48.0 Å². The monoisotopic (exact) mass is 335 g/mol. The number of nitrogens with two attached hydrogens (primary N) is 1. The minimum Gasteiger partial charge on any atom is -0.444 e. The van der Waals surface area contributed by atoms with E-state index in [-0.39, 0.29) is 18.4 Å². The number of nitrogens with zero attached hydrogens (tertiary/aromatic N) is 2. The van der Waals surface area contributed by atoms with E-state index >= 15 is 0 Å². The van der Waals surface area contributed by atoms with Gasteiger partial charge in [-0.1, -0.05) is 24.1 Å². The molecule has 0 bridgehead atoms. The molecular weight excluding hydrogens is 310 g/mol. The normalized spacial score (nSPS) is 20.0. The van der Waals surface area contributed by atoms with Crippen molar-refractivity contribution in [2.75, 3.05) is 6.54 Å². The summed E-state index contributed by atoms with van der Waals surface area (Å²) in [5.41, 5.74) is 9.39. The van der Waals surface area contributed by atoms with Crippen LogP contribution in [0.5, 0.6) is 0 Å². The Morgan fingerprint density at radius 2 is 2.04 bits per heavy atom. The van der Waals surface area contributed by atoms with Crippen molar-refractivity contribution in [3.63, 3.8) is 0 Å². The number of hydrogen-bond donors (Lipinski definition) is 1. The average molecular weight is 336 g/mol. The molecule has 2 atom stereocenters. The van der Waals surface area contributed by atoms with Gasteiger partial charge in [-0.15, -0.1) is 12.4 Å². The maximum atomic E-state index is 6.14. The van der Waals surface area contributed by atoms with Crippen molar-refractivity contribution < 1.29 is 4.42 Å².